The number of benzene rings is 3. The van der Waals surface area contributed by atoms with Gasteiger partial charge in [0.2, 0.25) is 5.78 Å². The van der Waals surface area contributed by atoms with Crippen LogP contribution in [0.25, 0.3) is 16.3 Å². The van der Waals surface area contributed by atoms with Crippen LogP contribution in [-0.4, -0.2) is 111 Å². The van der Waals surface area contributed by atoms with Gasteiger partial charge in [0, 0.05) is 75.6 Å². The molecule has 6 aromatic rings. The number of aliphatic hydroxyl groups excluding tert-OH is 5. The summed E-state index contributed by atoms with van der Waals surface area (Å²) in [5, 5.41) is 83.0. The topological polar surface area (TPSA) is 243 Å². The zero-order valence-corrected chi connectivity index (χ0v) is 42.7. The number of nitrogens with one attached hydrogen (secondary N) is 3. The van der Waals surface area contributed by atoms with E-state index in [0.717, 1.165) is 91.6 Å². The van der Waals surface area contributed by atoms with Gasteiger partial charge in [-0.2, -0.15) is 0 Å². The molecule has 394 valence electrons. The number of aliphatic hydroxyl groups is 5. The van der Waals surface area contributed by atoms with E-state index >= 15 is 9.59 Å². The monoisotopic (exact) mass is 1040 g/mol. The molecule has 0 amide bonds. The summed E-state index contributed by atoms with van der Waals surface area (Å²) in [7, 11) is 0. The normalized spacial score (nSPS) is 35.5. The van der Waals surface area contributed by atoms with Crippen molar-refractivity contribution < 1.29 is 49.7 Å². The van der Waals surface area contributed by atoms with Gasteiger partial charge in [-0.15, -0.1) is 0 Å². The van der Waals surface area contributed by atoms with Crippen LogP contribution in [0.3, 0.4) is 0 Å². The smallest absolute Gasteiger partial charge is 0.261 e. The Bertz CT molecular complexity index is 3670. The Morgan fingerprint density at radius 2 is 1.61 bits per heavy atom. The van der Waals surface area contributed by atoms with Gasteiger partial charge in [0.25, 0.3) is 5.79 Å². The van der Waals surface area contributed by atoms with Crippen molar-refractivity contribution in [2.45, 2.75) is 138 Å². The summed E-state index contributed by atoms with van der Waals surface area (Å²) in [6, 6.07) is 18.6. The second kappa shape index (κ2) is 15.6. The van der Waals surface area contributed by atoms with E-state index in [2.05, 4.69) is 33.5 Å². The molecule has 77 heavy (non-hydrogen) atoms. The predicted molar refractivity (Wildman–Crippen MR) is 281 cm³/mol. The minimum absolute atomic E-state index is 0.0147. The highest BCUT2D eigenvalue weighted by Crippen LogP contribution is 2.78. The number of imidazole rings is 1. The van der Waals surface area contributed by atoms with E-state index < -0.39 is 64.3 Å². The molecule has 12 atom stereocenters. The van der Waals surface area contributed by atoms with E-state index in [1.807, 2.05) is 18.2 Å². The quantitative estimate of drug-likeness (QED) is 0.0838. The summed E-state index contributed by atoms with van der Waals surface area (Å²) < 4.78 is 14.8. The number of aromatic amines is 2. The Morgan fingerprint density at radius 3 is 2.43 bits per heavy atom. The maximum absolute atomic E-state index is 15.3. The summed E-state index contributed by atoms with van der Waals surface area (Å²) in [4.78, 5) is 47.4. The van der Waals surface area contributed by atoms with Gasteiger partial charge in [-0.25, -0.2) is 9.97 Å². The van der Waals surface area contributed by atoms with Gasteiger partial charge >= 0.3 is 0 Å². The molecule has 3 aromatic heterocycles. The molecule has 1 saturated heterocycles. The van der Waals surface area contributed by atoms with Gasteiger partial charge in [0.15, 0.2) is 17.5 Å². The number of aromatic nitrogens is 4. The molecular weight excluding hydrogens is 975 g/mol. The van der Waals surface area contributed by atoms with Crippen molar-refractivity contribution in [3.63, 3.8) is 0 Å². The standard InChI is InChI=1S/C62H61N5O10/c1-29-19-36-45(42(68)20-29)52(71)47-43-24-34-33(46(47)51(36)70)13-18-63-56(34)64-26-44(69)61-31-9-11-38(61)35-22-32(23-41-40(65-28-66-41)21-30-7-3-2-4-8-30)67-50(35)37-25-60(76-43)54(73)53(72)55(74)62(77-60)48(37)49(61)39(12-10-31)59(57(62)75)17-16-58(27-59)14-5-6-15-58/h2-4,7-8,13,18-20,22,24-25,28,31,38-39,44,53-55,57,67-69,72-75H,5-6,9-12,14-17,21,23,26-27H2,1H3,(H,63,64)(H,65,66)/t31-,38-,39+,44+,53-,54-,55+,57+,59+,60-,61-,62+/m1/s1. The Morgan fingerprint density at radius 1 is 0.805 bits per heavy atom. The first kappa shape index (κ1) is 46.6. The second-order valence-corrected chi connectivity index (χ2v) is 24.8. The van der Waals surface area contributed by atoms with Crippen LogP contribution in [0.5, 0.6) is 11.5 Å². The number of phenolic OH excluding ortho intramolecular Hbond substituents is 1. The molecule has 0 radical (unpaired) electrons. The number of hydrogen-bond acceptors (Lipinski definition) is 13. The minimum Gasteiger partial charge on any atom is -0.507 e. The molecule has 3 aromatic carbocycles. The Kier molecular flexibility index (Phi) is 9.47. The molecule has 9 N–H and O–H groups in total. The van der Waals surface area contributed by atoms with E-state index in [-0.39, 0.29) is 63.5 Å². The lowest BCUT2D eigenvalue weighted by Crippen LogP contribution is -2.80. The summed E-state index contributed by atoms with van der Waals surface area (Å²) in [5.74, 6) is -4.56. The first-order valence-electron chi connectivity index (χ1n) is 27.9. The lowest BCUT2D eigenvalue weighted by atomic mass is 9.42. The fourth-order valence-electron chi connectivity index (χ4n) is 18.5. The van der Waals surface area contributed by atoms with Gasteiger partial charge in [-0.05, 0) is 158 Å². The van der Waals surface area contributed by atoms with Crippen molar-refractivity contribution in [3.8, 4) is 11.5 Å². The number of rotatable bonds is 4. The van der Waals surface area contributed by atoms with E-state index in [0.29, 0.717) is 64.7 Å². The van der Waals surface area contributed by atoms with Crippen LogP contribution >= 0.6 is 0 Å². The van der Waals surface area contributed by atoms with Crippen LogP contribution in [0.4, 0.5) is 5.82 Å². The van der Waals surface area contributed by atoms with Crippen LogP contribution in [0.15, 0.2) is 90.4 Å². The average molecular weight is 1040 g/mol. The van der Waals surface area contributed by atoms with E-state index in [1.54, 1.807) is 43.7 Å². The second-order valence-electron chi connectivity index (χ2n) is 24.8. The summed E-state index contributed by atoms with van der Waals surface area (Å²) in [6.07, 6.45) is 6.97. The summed E-state index contributed by atoms with van der Waals surface area (Å²) in [6.45, 7) is 1.74. The molecule has 4 aliphatic heterocycles. The van der Waals surface area contributed by atoms with Crippen molar-refractivity contribution in [1.82, 2.24) is 19.9 Å². The van der Waals surface area contributed by atoms with Crippen LogP contribution in [0, 0.1) is 35.0 Å². The number of anilines is 1. The largest absolute Gasteiger partial charge is 0.507 e. The van der Waals surface area contributed by atoms with Gasteiger partial charge in [-0.3, -0.25) is 9.59 Å². The molecule has 11 aliphatic rings. The van der Waals surface area contributed by atoms with Gasteiger partial charge in [0.05, 0.1) is 35.4 Å². The van der Waals surface area contributed by atoms with Crippen LogP contribution in [-0.2, 0) is 17.6 Å². The molecule has 7 heterocycles. The molecule has 15 nitrogen and oxygen atoms in total. The minimum atomic E-state index is -2.45. The van der Waals surface area contributed by atoms with Crippen LogP contribution in [0.2, 0.25) is 0 Å². The van der Waals surface area contributed by atoms with E-state index in [9.17, 15) is 30.6 Å². The molecule has 5 spiro atoms. The number of hydrogen-bond donors (Lipinski definition) is 9. The van der Waals surface area contributed by atoms with E-state index in [4.69, 9.17) is 19.4 Å². The number of aromatic hydroxyl groups is 1. The molecule has 4 saturated carbocycles. The number of ketones is 2. The number of carbonyl (C=O) groups excluding carboxylic acids is 2. The number of phenols is 1. The summed E-state index contributed by atoms with van der Waals surface area (Å²) in [5.41, 5.74) is 3.43. The molecule has 15 heteroatoms. The Labute approximate surface area is 443 Å². The number of nitrogens with zero attached hydrogens (tertiary/aromatic N) is 2. The Balaban J connectivity index is 0.998. The third-order valence-corrected chi connectivity index (χ3v) is 21.4. The van der Waals surface area contributed by atoms with Crippen LogP contribution in [0.1, 0.15) is 148 Å². The van der Waals surface area contributed by atoms with Crippen molar-refractivity contribution in [2.24, 2.45) is 28.1 Å². The number of ether oxygens (including phenoxy) is 2. The lowest BCUT2D eigenvalue weighted by Gasteiger charge is -2.67. The number of carbonyl (C=O) groups is 2. The van der Waals surface area contributed by atoms with Gasteiger partial charge in [-0.1, -0.05) is 43.2 Å². The number of pyridine rings is 1. The lowest BCUT2D eigenvalue weighted by molar-refractivity contribution is -0.369. The molecule has 5 fully saturated rings. The third kappa shape index (κ3) is 5.77. The van der Waals surface area contributed by atoms with Crippen molar-refractivity contribution in [3.05, 3.63) is 152 Å². The first-order chi connectivity index (χ1) is 37.2. The zero-order chi connectivity index (χ0) is 52.3. The van der Waals surface area contributed by atoms with Crippen molar-refractivity contribution in [2.75, 3.05) is 11.9 Å². The fourth-order valence-corrected chi connectivity index (χ4v) is 18.5. The van der Waals surface area contributed by atoms with E-state index in [1.165, 1.54) is 6.07 Å². The maximum atomic E-state index is 15.3. The SMILES string of the molecule is Cc1cc(O)c2c(c1)C(=O)c1c(c3cc4c(nccc14)NC[C@H](O)[C@@]14C5=C6C7=C[C@@]8(O3)O[C@@]6([C@@H](O)[C@H](O)[C@H]8O)[C@@H](O)[C@]3(CCC6(CCCC6)C3)[C@H]5CC[C@H]1CC[C@@H]4c1cc(Cc3nc[nH]c3Cc3ccccc3)[nH]c17)C2=O. The maximum Gasteiger partial charge on any atom is 0.261 e. The van der Waals surface area contributed by atoms with Crippen molar-refractivity contribution >= 4 is 33.7 Å². The zero-order valence-electron chi connectivity index (χ0n) is 42.7. The van der Waals surface area contributed by atoms with Gasteiger partial charge in [0.1, 0.15) is 29.5 Å². The first-order valence-corrected chi connectivity index (χ1v) is 27.9. The highest BCUT2D eigenvalue weighted by molar-refractivity contribution is 6.34. The third-order valence-electron chi connectivity index (χ3n) is 21.4. The highest BCUT2D eigenvalue weighted by atomic mass is 16.7. The fraction of sp³-hybridized carbons (Fsp3) is 0.452. The number of H-pyrrole nitrogens is 2. The molecule has 17 rings (SSSR count). The number of aryl methyl sites for hydroxylation is 1. The van der Waals surface area contributed by atoms with Crippen molar-refractivity contribution in [1.29, 1.82) is 0 Å². The molecule has 7 aliphatic carbocycles. The summed E-state index contributed by atoms with van der Waals surface area (Å²) >= 11 is 0. The Hall–Kier alpha value is -6.46. The molecule has 8 bridgehead atoms. The van der Waals surface area contributed by atoms with Crippen LogP contribution < -0.4 is 10.1 Å². The average Bonchev–Trinajstić information content (AvgIpc) is 2.81. The number of fused-ring (bicyclic) bond motifs is 8. The molecule has 0 unspecified atom stereocenters. The highest BCUT2D eigenvalue weighted by Gasteiger charge is 2.79. The predicted octanol–water partition coefficient (Wildman–Crippen LogP) is 7.37. The van der Waals surface area contributed by atoms with Gasteiger partial charge < -0.3 is 55.4 Å². The molecular formula is C62H61N5O10.